The van der Waals surface area contributed by atoms with E-state index in [9.17, 15) is 9.59 Å². The van der Waals surface area contributed by atoms with Crippen molar-refractivity contribution in [2.24, 2.45) is 0 Å². The molecule has 1 aliphatic heterocycles. The van der Waals surface area contributed by atoms with Crippen LogP contribution in [0.2, 0.25) is 0 Å². The Balaban J connectivity index is 1.70. The van der Waals surface area contributed by atoms with Gasteiger partial charge in [0, 0.05) is 39.5 Å². The summed E-state index contributed by atoms with van der Waals surface area (Å²) in [6, 6.07) is 18.0. The average Bonchev–Trinajstić information content (AvgIpc) is 2.82. The number of rotatable bonds is 7. The number of ketones is 1. The number of hydrogen-bond acceptors (Lipinski definition) is 5. The molecule has 4 nitrogen and oxygen atoms in total. The van der Waals surface area contributed by atoms with Gasteiger partial charge in [0.1, 0.15) is 6.61 Å². The maximum atomic E-state index is 13.6. The van der Waals surface area contributed by atoms with Gasteiger partial charge in [0.15, 0.2) is 5.78 Å². The van der Waals surface area contributed by atoms with Crippen molar-refractivity contribution in [3.05, 3.63) is 92.7 Å². The average molecular weight is 526 g/mol. The molecule has 0 aromatic heterocycles. The van der Waals surface area contributed by atoms with Gasteiger partial charge in [0.05, 0.1) is 5.57 Å². The highest BCUT2D eigenvalue weighted by molar-refractivity contribution is 9.10. The van der Waals surface area contributed by atoms with Crippen molar-refractivity contribution in [1.29, 1.82) is 0 Å². The second-order valence-corrected chi connectivity index (χ2v) is 10.6. The standard InChI is InChI=1S/C27H28BrNO3S/c1-3-33-14-13-32-27(31)24-17(2)29-22-15-20(18-7-5-4-6-8-18)16-23(30)26(22)25(24)19-9-11-21(28)12-10-19/h4-12,20,25,29H,3,13-16H2,1-2H3/t20-,25-/m1/s1. The van der Waals surface area contributed by atoms with Crippen LogP contribution < -0.4 is 5.32 Å². The third-order valence-corrected chi connectivity index (χ3v) is 7.58. The second kappa shape index (κ2) is 10.7. The topological polar surface area (TPSA) is 55.4 Å². The summed E-state index contributed by atoms with van der Waals surface area (Å²) in [6.07, 6.45) is 1.18. The zero-order chi connectivity index (χ0) is 23.4. The number of hydrogen-bond donors (Lipinski definition) is 1. The first-order valence-electron chi connectivity index (χ1n) is 11.3. The SMILES string of the molecule is CCSCCOC(=O)C1=C(C)NC2=C(C(=O)C[C@H](c3ccccc3)C2)[C@@H]1c1ccc(Br)cc1. The number of dihydropyridines is 1. The summed E-state index contributed by atoms with van der Waals surface area (Å²) in [7, 11) is 0. The number of Topliss-reactive ketones (excluding diaryl/α,β-unsaturated/α-hetero) is 1. The van der Waals surface area contributed by atoms with Crippen molar-refractivity contribution in [2.75, 3.05) is 18.1 Å². The monoisotopic (exact) mass is 525 g/mol. The summed E-state index contributed by atoms with van der Waals surface area (Å²) in [6.45, 7) is 4.35. The highest BCUT2D eigenvalue weighted by Gasteiger charge is 2.41. The lowest BCUT2D eigenvalue weighted by atomic mass is 9.72. The van der Waals surface area contributed by atoms with Crippen molar-refractivity contribution < 1.29 is 14.3 Å². The minimum Gasteiger partial charge on any atom is -0.461 e. The van der Waals surface area contributed by atoms with E-state index in [2.05, 4.69) is 40.3 Å². The maximum absolute atomic E-state index is 13.6. The fourth-order valence-electron chi connectivity index (χ4n) is 4.67. The van der Waals surface area contributed by atoms with E-state index in [1.54, 1.807) is 11.8 Å². The van der Waals surface area contributed by atoms with Gasteiger partial charge >= 0.3 is 5.97 Å². The molecule has 1 heterocycles. The number of esters is 1. The van der Waals surface area contributed by atoms with Gasteiger partial charge in [-0.3, -0.25) is 4.79 Å². The van der Waals surface area contributed by atoms with Crippen LogP contribution in [0.5, 0.6) is 0 Å². The first-order chi connectivity index (χ1) is 16.0. The Kier molecular flexibility index (Phi) is 7.76. The molecule has 2 aromatic rings. The molecule has 172 valence electrons. The third kappa shape index (κ3) is 5.28. The molecule has 0 fully saturated rings. The van der Waals surface area contributed by atoms with Crippen molar-refractivity contribution in [1.82, 2.24) is 5.32 Å². The van der Waals surface area contributed by atoms with E-state index in [0.29, 0.717) is 24.2 Å². The molecule has 0 saturated heterocycles. The molecule has 2 aliphatic rings. The van der Waals surface area contributed by atoms with Gasteiger partial charge in [-0.1, -0.05) is 65.3 Å². The molecule has 1 N–H and O–H groups in total. The Bertz CT molecular complexity index is 1090. The number of carbonyl (C=O) groups is 2. The van der Waals surface area contributed by atoms with Crippen LogP contribution in [0.1, 0.15) is 49.7 Å². The predicted octanol–water partition coefficient (Wildman–Crippen LogP) is 6.11. The summed E-state index contributed by atoms with van der Waals surface area (Å²) < 4.78 is 6.59. The minimum atomic E-state index is -0.426. The van der Waals surface area contributed by atoms with Crippen LogP contribution in [0.3, 0.4) is 0 Å². The van der Waals surface area contributed by atoms with E-state index in [1.807, 2.05) is 49.4 Å². The Morgan fingerprint density at radius 2 is 1.82 bits per heavy atom. The highest BCUT2D eigenvalue weighted by Crippen LogP contribution is 2.45. The smallest absolute Gasteiger partial charge is 0.336 e. The molecule has 2 aromatic carbocycles. The summed E-state index contributed by atoms with van der Waals surface area (Å²) in [5.41, 5.74) is 5.00. The van der Waals surface area contributed by atoms with E-state index >= 15 is 0 Å². The van der Waals surface area contributed by atoms with E-state index < -0.39 is 5.92 Å². The van der Waals surface area contributed by atoms with Crippen LogP contribution in [-0.2, 0) is 14.3 Å². The number of thioether (sulfide) groups is 1. The quantitative estimate of drug-likeness (QED) is 0.349. The van der Waals surface area contributed by atoms with Gasteiger partial charge in [-0.05, 0) is 48.3 Å². The molecule has 1 aliphatic carbocycles. The molecule has 0 amide bonds. The summed E-state index contributed by atoms with van der Waals surface area (Å²) in [5.74, 6) is 1.18. The predicted molar refractivity (Wildman–Crippen MR) is 137 cm³/mol. The van der Waals surface area contributed by atoms with Crippen molar-refractivity contribution in [2.45, 2.75) is 38.5 Å². The largest absolute Gasteiger partial charge is 0.461 e. The maximum Gasteiger partial charge on any atom is 0.336 e. The molecule has 0 unspecified atom stereocenters. The normalized spacial score (nSPS) is 20.4. The van der Waals surface area contributed by atoms with Gasteiger partial charge in [0.25, 0.3) is 0 Å². The van der Waals surface area contributed by atoms with Gasteiger partial charge in [-0.15, -0.1) is 0 Å². The molecule has 0 radical (unpaired) electrons. The summed E-state index contributed by atoms with van der Waals surface area (Å²) in [5, 5.41) is 3.42. The lowest BCUT2D eigenvalue weighted by molar-refractivity contribution is -0.138. The van der Waals surface area contributed by atoms with Crippen LogP contribution in [0.25, 0.3) is 0 Å². The van der Waals surface area contributed by atoms with Crippen LogP contribution in [0.15, 0.2) is 81.6 Å². The second-order valence-electron chi connectivity index (χ2n) is 8.31. The van der Waals surface area contributed by atoms with Crippen LogP contribution in [-0.4, -0.2) is 29.9 Å². The first kappa shape index (κ1) is 23.8. The Morgan fingerprint density at radius 1 is 1.09 bits per heavy atom. The Labute approximate surface area is 208 Å². The van der Waals surface area contributed by atoms with E-state index in [0.717, 1.165) is 39.4 Å². The van der Waals surface area contributed by atoms with E-state index in [-0.39, 0.29) is 17.7 Å². The lowest BCUT2D eigenvalue weighted by Crippen LogP contribution is -2.36. The Hall–Kier alpha value is -2.31. The molecular weight excluding hydrogens is 498 g/mol. The molecule has 2 atom stereocenters. The van der Waals surface area contributed by atoms with Gasteiger partial charge < -0.3 is 10.1 Å². The highest BCUT2D eigenvalue weighted by atomic mass is 79.9. The number of benzene rings is 2. The number of halogens is 1. The van der Waals surface area contributed by atoms with Crippen molar-refractivity contribution in [3.8, 4) is 0 Å². The molecule has 0 saturated carbocycles. The molecule has 0 spiro atoms. The van der Waals surface area contributed by atoms with E-state index in [4.69, 9.17) is 4.74 Å². The van der Waals surface area contributed by atoms with E-state index in [1.165, 1.54) is 5.56 Å². The van der Waals surface area contributed by atoms with Crippen LogP contribution in [0.4, 0.5) is 0 Å². The first-order valence-corrected chi connectivity index (χ1v) is 13.2. The number of allylic oxidation sites excluding steroid dienone is 3. The molecule has 33 heavy (non-hydrogen) atoms. The summed E-state index contributed by atoms with van der Waals surface area (Å²) in [4.78, 5) is 26.8. The van der Waals surface area contributed by atoms with Crippen molar-refractivity contribution >= 4 is 39.4 Å². The van der Waals surface area contributed by atoms with Gasteiger partial charge in [-0.25, -0.2) is 4.79 Å². The molecule has 0 bridgehead atoms. The van der Waals surface area contributed by atoms with Crippen LogP contribution in [0, 0.1) is 0 Å². The number of nitrogens with one attached hydrogen (secondary N) is 1. The zero-order valence-electron chi connectivity index (χ0n) is 18.9. The number of carbonyl (C=O) groups excluding carboxylic acids is 2. The van der Waals surface area contributed by atoms with Crippen molar-refractivity contribution in [3.63, 3.8) is 0 Å². The van der Waals surface area contributed by atoms with Crippen LogP contribution >= 0.6 is 27.7 Å². The fraction of sp³-hybridized carbons (Fsp3) is 0.333. The zero-order valence-corrected chi connectivity index (χ0v) is 21.3. The third-order valence-electron chi connectivity index (χ3n) is 6.19. The minimum absolute atomic E-state index is 0.0878. The van der Waals surface area contributed by atoms with Gasteiger partial charge in [-0.2, -0.15) is 11.8 Å². The Morgan fingerprint density at radius 3 is 2.52 bits per heavy atom. The fourth-order valence-corrected chi connectivity index (χ4v) is 5.43. The summed E-state index contributed by atoms with van der Waals surface area (Å²) >= 11 is 5.23. The molecule has 6 heteroatoms. The van der Waals surface area contributed by atoms with Gasteiger partial charge in [0.2, 0.25) is 0 Å². The number of ether oxygens (including phenoxy) is 1. The lowest BCUT2D eigenvalue weighted by Gasteiger charge is -2.36. The molecular formula is C27H28BrNO3S. The molecule has 4 rings (SSSR count).